The molecule has 5 heteroatoms. The largest absolute Gasteiger partial charge is 0.497 e. The third-order valence-electron chi connectivity index (χ3n) is 2.79. The van der Waals surface area contributed by atoms with Gasteiger partial charge in [-0.25, -0.2) is 4.98 Å². The summed E-state index contributed by atoms with van der Waals surface area (Å²) in [5, 5.41) is 13.2. The van der Waals surface area contributed by atoms with Crippen molar-refractivity contribution in [2.75, 3.05) is 14.2 Å². The number of hydrogen-bond donors (Lipinski definition) is 1. The van der Waals surface area contributed by atoms with Crippen LogP contribution in [-0.2, 0) is 6.42 Å². The average molecular weight is 279 g/mol. The molecule has 102 valence electrons. The van der Waals surface area contributed by atoms with Crippen molar-refractivity contribution in [3.05, 3.63) is 39.8 Å². The third kappa shape index (κ3) is 3.45. The first-order valence-corrected chi connectivity index (χ1v) is 6.82. The normalized spacial score (nSPS) is 12.2. The van der Waals surface area contributed by atoms with Crippen LogP contribution in [0.2, 0.25) is 0 Å². The van der Waals surface area contributed by atoms with Crippen LogP contribution >= 0.6 is 11.3 Å². The number of hydrogen-bond acceptors (Lipinski definition) is 5. The first kappa shape index (κ1) is 13.8. The van der Waals surface area contributed by atoms with Gasteiger partial charge in [-0.05, 0) is 24.6 Å². The molecule has 0 aliphatic carbocycles. The molecule has 4 nitrogen and oxygen atoms in total. The lowest BCUT2D eigenvalue weighted by atomic mass is 10.1. The van der Waals surface area contributed by atoms with Gasteiger partial charge in [0.25, 0.3) is 0 Å². The van der Waals surface area contributed by atoms with Crippen LogP contribution in [0.25, 0.3) is 0 Å². The maximum atomic E-state index is 10.3. The second kappa shape index (κ2) is 6.04. The minimum Gasteiger partial charge on any atom is -0.497 e. The van der Waals surface area contributed by atoms with Gasteiger partial charge in [-0.15, -0.1) is 11.3 Å². The van der Waals surface area contributed by atoms with Crippen LogP contribution in [0.1, 0.15) is 22.4 Å². The minimum absolute atomic E-state index is 0.495. The Morgan fingerprint density at radius 3 is 2.32 bits per heavy atom. The van der Waals surface area contributed by atoms with E-state index in [1.807, 2.05) is 24.4 Å². The summed E-state index contributed by atoms with van der Waals surface area (Å²) in [6.45, 7) is 1.95. The van der Waals surface area contributed by atoms with Crippen LogP contribution in [-0.4, -0.2) is 24.3 Å². The van der Waals surface area contributed by atoms with E-state index in [0.29, 0.717) is 17.9 Å². The Hall–Kier alpha value is -1.59. The van der Waals surface area contributed by atoms with Gasteiger partial charge in [-0.1, -0.05) is 0 Å². The lowest BCUT2D eigenvalue weighted by molar-refractivity contribution is 0.177. The minimum atomic E-state index is -0.616. The van der Waals surface area contributed by atoms with Gasteiger partial charge in [0.05, 0.1) is 25.3 Å². The van der Waals surface area contributed by atoms with Gasteiger partial charge in [0.1, 0.15) is 11.5 Å². The van der Waals surface area contributed by atoms with E-state index >= 15 is 0 Å². The first-order valence-electron chi connectivity index (χ1n) is 5.94. The number of thiazole rings is 1. The average Bonchev–Trinajstić information content (AvgIpc) is 2.83. The number of rotatable bonds is 5. The number of ether oxygens (including phenoxy) is 2. The molecule has 1 unspecified atom stereocenters. The number of aromatic nitrogens is 1. The van der Waals surface area contributed by atoms with Crippen LogP contribution in [0.5, 0.6) is 11.5 Å². The maximum Gasteiger partial charge on any atom is 0.122 e. The molecular formula is C14H17NO3S. The predicted octanol–water partition coefficient (Wildman–Crippen LogP) is 2.74. The number of aryl methyl sites for hydroxylation is 1. The fourth-order valence-electron chi connectivity index (χ4n) is 1.80. The Labute approximate surface area is 116 Å². The highest BCUT2D eigenvalue weighted by Crippen LogP contribution is 2.28. The molecule has 1 N–H and O–H groups in total. The van der Waals surface area contributed by atoms with Gasteiger partial charge in [-0.2, -0.15) is 0 Å². The van der Waals surface area contributed by atoms with Crippen LogP contribution in [0.3, 0.4) is 0 Å². The summed E-state index contributed by atoms with van der Waals surface area (Å²) in [5.41, 5.74) is 1.75. The molecule has 0 radical (unpaired) electrons. The van der Waals surface area contributed by atoms with Crippen molar-refractivity contribution in [2.45, 2.75) is 19.4 Å². The summed E-state index contributed by atoms with van der Waals surface area (Å²) in [5.74, 6) is 1.34. The second-order valence-electron chi connectivity index (χ2n) is 4.25. The second-order valence-corrected chi connectivity index (χ2v) is 5.19. The van der Waals surface area contributed by atoms with E-state index < -0.39 is 6.10 Å². The van der Waals surface area contributed by atoms with Crippen molar-refractivity contribution in [3.63, 3.8) is 0 Å². The highest BCUT2D eigenvalue weighted by Gasteiger charge is 2.13. The Morgan fingerprint density at radius 2 is 1.84 bits per heavy atom. The molecule has 0 bridgehead atoms. The van der Waals surface area contributed by atoms with Gasteiger partial charge in [0.15, 0.2) is 0 Å². The van der Waals surface area contributed by atoms with Crippen molar-refractivity contribution in [1.29, 1.82) is 0 Å². The first-order chi connectivity index (χ1) is 9.12. The van der Waals surface area contributed by atoms with E-state index in [1.54, 1.807) is 31.6 Å². The summed E-state index contributed by atoms with van der Waals surface area (Å²) < 4.78 is 10.4. The molecule has 1 heterocycles. The summed E-state index contributed by atoms with van der Waals surface area (Å²) in [4.78, 5) is 4.36. The molecule has 19 heavy (non-hydrogen) atoms. The van der Waals surface area contributed by atoms with E-state index in [2.05, 4.69) is 4.98 Å². The number of aliphatic hydroxyl groups is 1. The standard InChI is InChI=1S/C14H17NO3S/c1-9-8-19-14(15-9)7-13(16)10-4-11(17-2)6-12(5-10)18-3/h4-6,8,13,16H,7H2,1-3H3. The molecule has 1 aromatic heterocycles. The van der Waals surface area contributed by atoms with Crippen LogP contribution in [0, 0.1) is 6.92 Å². The van der Waals surface area contributed by atoms with E-state index in [1.165, 1.54) is 0 Å². The monoisotopic (exact) mass is 279 g/mol. The van der Waals surface area contributed by atoms with Crippen LogP contribution in [0.4, 0.5) is 0 Å². The zero-order chi connectivity index (χ0) is 13.8. The zero-order valence-corrected chi connectivity index (χ0v) is 12.0. The summed E-state index contributed by atoms with van der Waals surface area (Å²) in [7, 11) is 3.18. The Balaban J connectivity index is 2.20. The van der Waals surface area contributed by atoms with Gasteiger partial charge < -0.3 is 14.6 Å². The quantitative estimate of drug-likeness (QED) is 0.914. The fraction of sp³-hybridized carbons (Fsp3) is 0.357. The van der Waals surface area contributed by atoms with Crippen molar-refractivity contribution in [1.82, 2.24) is 4.98 Å². The fourth-order valence-corrected chi connectivity index (χ4v) is 2.61. The highest BCUT2D eigenvalue weighted by atomic mass is 32.1. The molecule has 1 aromatic carbocycles. The van der Waals surface area contributed by atoms with Crippen molar-refractivity contribution in [3.8, 4) is 11.5 Å². The molecule has 0 saturated heterocycles. The smallest absolute Gasteiger partial charge is 0.122 e. The predicted molar refractivity (Wildman–Crippen MR) is 75.1 cm³/mol. The molecule has 2 rings (SSSR count). The molecule has 0 saturated carbocycles. The molecule has 0 amide bonds. The van der Waals surface area contributed by atoms with Crippen molar-refractivity contribution in [2.24, 2.45) is 0 Å². The number of aliphatic hydroxyl groups excluding tert-OH is 1. The number of benzene rings is 1. The highest BCUT2D eigenvalue weighted by molar-refractivity contribution is 7.09. The van der Waals surface area contributed by atoms with Crippen LogP contribution < -0.4 is 9.47 Å². The lowest BCUT2D eigenvalue weighted by Crippen LogP contribution is -2.02. The third-order valence-corrected chi connectivity index (χ3v) is 3.78. The molecule has 0 aliphatic rings. The molecule has 0 spiro atoms. The van der Waals surface area contributed by atoms with Crippen LogP contribution in [0.15, 0.2) is 23.6 Å². The lowest BCUT2D eigenvalue weighted by Gasteiger charge is -2.13. The maximum absolute atomic E-state index is 10.3. The summed E-state index contributed by atoms with van der Waals surface area (Å²) >= 11 is 1.56. The topological polar surface area (TPSA) is 51.6 Å². The van der Waals surface area contributed by atoms with E-state index in [0.717, 1.165) is 16.3 Å². The van der Waals surface area contributed by atoms with E-state index in [-0.39, 0.29) is 0 Å². The Bertz CT molecular complexity index is 531. The van der Waals surface area contributed by atoms with E-state index in [9.17, 15) is 5.11 Å². The Kier molecular flexibility index (Phi) is 4.39. The Morgan fingerprint density at radius 1 is 1.21 bits per heavy atom. The van der Waals surface area contributed by atoms with Gasteiger partial charge >= 0.3 is 0 Å². The number of methoxy groups -OCH3 is 2. The van der Waals surface area contributed by atoms with Crippen molar-refractivity contribution >= 4 is 11.3 Å². The van der Waals surface area contributed by atoms with Gasteiger partial charge in [-0.3, -0.25) is 0 Å². The van der Waals surface area contributed by atoms with E-state index in [4.69, 9.17) is 9.47 Å². The summed E-state index contributed by atoms with van der Waals surface area (Å²) in [6, 6.07) is 5.41. The van der Waals surface area contributed by atoms with Gasteiger partial charge in [0.2, 0.25) is 0 Å². The summed E-state index contributed by atoms with van der Waals surface area (Å²) in [6.07, 6.45) is -0.121. The molecule has 0 aliphatic heterocycles. The molecule has 1 atom stereocenters. The van der Waals surface area contributed by atoms with Gasteiger partial charge in [0, 0.05) is 23.6 Å². The molecule has 2 aromatic rings. The number of nitrogens with zero attached hydrogens (tertiary/aromatic N) is 1. The zero-order valence-electron chi connectivity index (χ0n) is 11.2. The SMILES string of the molecule is COc1cc(OC)cc(C(O)Cc2nc(C)cs2)c1. The molecular weight excluding hydrogens is 262 g/mol. The molecule has 0 fully saturated rings. The van der Waals surface area contributed by atoms with Crippen molar-refractivity contribution < 1.29 is 14.6 Å².